The van der Waals surface area contributed by atoms with Crippen LogP contribution >= 0.6 is 0 Å². The molecule has 0 aliphatic rings. The van der Waals surface area contributed by atoms with Gasteiger partial charge in [-0.2, -0.15) is 18.3 Å². The summed E-state index contributed by atoms with van der Waals surface area (Å²) < 4.78 is 45.2. The first-order valence-electron chi connectivity index (χ1n) is 6.59. The molecular formula is C14H13F3N4O3. The van der Waals surface area contributed by atoms with Crippen LogP contribution in [0.1, 0.15) is 22.0 Å². The molecule has 2 rings (SSSR count). The van der Waals surface area contributed by atoms with Crippen molar-refractivity contribution < 1.29 is 27.5 Å². The summed E-state index contributed by atoms with van der Waals surface area (Å²) in [6.07, 6.45) is -5.18. The number of aromatic nitrogens is 2. The van der Waals surface area contributed by atoms with Gasteiger partial charge in [-0.1, -0.05) is 6.07 Å². The summed E-state index contributed by atoms with van der Waals surface area (Å²) in [6, 6.07) is 4.33. The van der Waals surface area contributed by atoms with E-state index in [9.17, 15) is 22.8 Å². The Morgan fingerprint density at radius 3 is 2.62 bits per heavy atom. The van der Waals surface area contributed by atoms with Crippen molar-refractivity contribution in [2.45, 2.75) is 12.3 Å². The first-order chi connectivity index (χ1) is 11.2. The van der Waals surface area contributed by atoms with Crippen molar-refractivity contribution >= 4 is 17.7 Å². The molecule has 0 aliphatic heterocycles. The highest BCUT2D eigenvalue weighted by molar-refractivity contribution is 5.93. The van der Waals surface area contributed by atoms with Crippen molar-refractivity contribution in [3.63, 3.8) is 0 Å². The lowest BCUT2D eigenvalue weighted by Crippen LogP contribution is -2.26. The Balaban J connectivity index is 2.23. The molecule has 128 valence electrons. The molecule has 2 amide bonds. The van der Waals surface area contributed by atoms with E-state index >= 15 is 0 Å². The minimum atomic E-state index is -4.80. The molecule has 0 saturated heterocycles. The van der Waals surface area contributed by atoms with Gasteiger partial charge in [-0.3, -0.25) is 4.68 Å². The number of ether oxygens (including phenoxy) is 1. The zero-order valence-electron chi connectivity index (χ0n) is 12.4. The van der Waals surface area contributed by atoms with E-state index in [2.05, 4.69) is 15.2 Å². The van der Waals surface area contributed by atoms with E-state index in [1.54, 1.807) is 0 Å². The number of nitrogens with two attached hydrogens (primary N) is 1. The van der Waals surface area contributed by atoms with Gasteiger partial charge in [0.05, 0.1) is 11.8 Å². The first-order valence-corrected chi connectivity index (χ1v) is 6.59. The zero-order valence-corrected chi connectivity index (χ0v) is 12.4. The topological polar surface area (TPSA) is 99.2 Å². The standard InChI is InChI=1S/C14H13F3N4O3/c1-21-7-9(6-19-21)11(14(15,16)17)24-12(22)8-3-2-4-10(5-8)20-13(18)23/h2-7,11H,1H3,(H3,18,20,23)/t11-/m0/s1. The number of esters is 1. The average Bonchev–Trinajstić information content (AvgIpc) is 2.89. The third-order valence-electron chi connectivity index (χ3n) is 2.92. The summed E-state index contributed by atoms with van der Waals surface area (Å²) in [5, 5.41) is 5.86. The summed E-state index contributed by atoms with van der Waals surface area (Å²) in [6.45, 7) is 0. The number of benzene rings is 1. The third-order valence-corrected chi connectivity index (χ3v) is 2.92. The van der Waals surface area contributed by atoms with Gasteiger partial charge in [-0.25, -0.2) is 9.59 Å². The lowest BCUT2D eigenvalue weighted by molar-refractivity contribution is -0.207. The zero-order chi connectivity index (χ0) is 17.9. The van der Waals surface area contributed by atoms with Gasteiger partial charge >= 0.3 is 18.2 Å². The number of aryl methyl sites for hydroxylation is 1. The van der Waals surface area contributed by atoms with Crippen LogP contribution in [0.15, 0.2) is 36.7 Å². The predicted octanol–water partition coefficient (Wildman–Crippen LogP) is 2.37. The van der Waals surface area contributed by atoms with E-state index in [0.717, 1.165) is 18.5 Å². The smallest absolute Gasteiger partial charge is 0.429 e. The maximum absolute atomic E-state index is 13.2. The number of anilines is 1. The number of nitrogens with one attached hydrogen (secondary N) is 1. The summed E-state index contributed by atoms with van der Waals surface area (Å²) >= 11 is 0. The minimum Gasteiger partial charge on any atom is -0.444 e. The van der Waals surface area contributed by atoms with Crippen LogP contribution in [0.5, 0.6) is 0 Å². The fraction of sp³-hybridized carbons (Fsp3) is 0.214. The van der Waals surface area contributed by atoms with Crippen molar-refractivity contribution in [2.24, 2.45) is 12.8 Å². The van der Waals surface area contributed by atoms with Gasteiger partial charge in [-0.05, 0) is 18.2 Å². The molecule has 0 bridgehead atoms. The molecule has 0 aliphatic carbocycles. The summed E-state index contributed by atoms with van der Waals surface area (Å²) in [5.41, 5.74) is 4.63. The molecule has 7 nitrogen and oxygen atoms in total. The van der Waals surface area contributed by atoms with Crippen LogP contribution in [0.25, 0.3) is 0 Å². The Hall–Kier alpha value is -3.04. The Bertz CT molecular complexity index is 758. The average molecular weight is 342 g/mol. The van der Waals surface area contributed by atoms with Crippen molar-refractivity contribution in [2.75, 3.05) is 5.32 Å². The number of carbonyl (C=O) groups excluding carboxylic acids is 2. The van der Waals surface area contributed by atoms with Crippen LogP contribution in [-0.4, -0.2) is 28.0 Å². The summed E-state index contributed by atoms with van der Waals surface area (Å²) in [5.74, 6) is -1.20. The highest BCUT2D eigenvalue weighted by atomic mass is 19.4. The Morgan fingerprint density at radius 1 is 1.38 bits per heavy atom. The van der Waals surface area contributed by atoms with Crippen molar-refractivity contribution in [1.82, 2.24) is 9.78 Å². The minimum absolute atomic E-state index is 0.155. The molecule has 2 aromatic rings. The van der Waals surface area contributed by atoms with Crippen LogP contribution in [0.2, 0.25) is 0 Å². The Kier molecular flexibility index (Phi) is 4.77. The number of amides is 2. The molecule has 10 heteroatoms. The largest absolute Gasteiger partial charge is 0.444 e. The second-order valence-electron chi connectivity index (χ2n) is 4.84. The highest BCUT2D eigenvalue weighted by Gasteiger charge is 2.45. The number of urea groups is 1. The first kappa shape index (κ1) is 17.3. The van der Waals surface area contributed by atoms with Crippen LogP contribution in [-0.2, 0) is 11.8 Å². The van der Waals surface area contributed by atoms with Crippen molar-refractivity contribution in [1.29, 1.82) is 0 Å². The summed E-state index contributed by atoms with van der Waals surface area (Å²) in [4.78, 5) is 22.8. The maximum Gasteiger partial charge on any atom is 0.429 e. The third kappa shape index (κ3) is 4.24. The van der Waals surface area contributed by atoms with E-state index in [4.69, 9.17) is 5.73 Å². The number of hydrogen-bond acceptors (Lipinski definition) is 4. The van der Waals surface area contributed by atoms with Crippen molar-refractivity contribution in [3.05, 3.63) is 47.8 Å². The molecule has 24 heavy (non-hydrogen) atoms. The van der Waals surface area contributed by atoms with E-state index in [1.807, 2.05) is 0 Å². The second-order valence-corrected chi connectivity index (χ2v) is 4.84. The van der Waals surface area contributed by atoms with Gasteiger partial charge < -0.3 is 15.8 Å². The predicted molar refractivity (Wildman–Crippen MR) is 77.1 cm³/mol. The number of nitrogens with zero attached hydrogens (tertiary/aromatic N) is 2. The SMILES string of the molecule is Cn1cc([C@H](OC(=O)c2cccc(NC(N)=O)c2)C(F)(F)F)cn1. The van der Waals surface area contributed by atoms with Crippen LogP contribution < -0.4 is 11.1 Å². The number of alkyl halides is 3. The van der Waals surface area contributed by atoms with E-state index in [-0.39, 0.29) is 16.8 Å². The fourth-order valence-corrected chi connectivity index (χ4v) is 1.94. The molecular weight excluding hydrogens is 329 g/mol. The van der Waals surface area contributed by atoms with Gasteiger partial charge in [-0.15, -0.1) is 0 Å². The maximum atomic E-state index is 13.2. The monoisotopic (exact) mass is 342 g/mol. The molecule has 0 fully saturated rings. The van der Waals surface area contributed by atoms with Gasteiger partial charge in [0.1, 0.15) is 0 Å². The van der Waals surface area contributed by atoms with E-state index in [1.165, 1.54) is 29.9 Å². The molecule has 0 radical (unpaired) electrons. The number of rotatable bonds is 4. The molecule has 0 saturated carbocycles. The molecule has 1 aromatic carbocycles. The molecule has 3 N–H and O–H groups in total. The van der Waals surface area contributed by atoms with Crippen LogP contribution in [0.3, 0.4) is 0 Å². The summed E-state index contributed by atoms with van der Waals surface area (Å²) in [7, 11) is 1.44. The molecule has 1 atom stereocenters. The Morgan fingerprint density at radius 2 is 2.08 bits per heavy atom. The molecule has 0 spiro atoms. The highest BCUT2D eigenvalue weighted by Crippen LogP contribution is 2.36. The van der Waals surface area contributed by atoms with Gasteiger partial charge in [0.25, 0.3) is 0 Å². The van der Waals surface area contributed by atoms with Crippen LogP contribution in [0, 0.1) is 0 Å². The van der Waals surface area contributed by atoms with Gasteiger partial charge in [0, 0.05) is 24.5 Å². The van der Waals surface area contributed by atoms with E-state index in [0.29, 0.717) is 0 Å². The molecule has 1 heterocycles. The molecule has 0 unspecified atom stereocenters. The van der Waals surface area contributed by atoms with Gasteiger partial charge in [0.15, 0.2) is 0 Å². The Labute approximate surface area is 134 Å². The number of hydrogen-bond donors (Lipinski definition) is 2. The lowest BCUT2D eigenvalue weighted by atomic mass is 10.1. The van der Waals surface area contributed by atoms with E-state index < -0.39 is 24.3 Å². The number of primary amides is 1. The number of carbonyl (C=O) groups is 2. The quantitative estimate of drug-likeness (QED) is 0.833. The number of halogens is 3. The van der Waals surface area contributed by atoms with Gasteiger partial charge in [0.2, 0.25) is 6.10 Å². The van der Waals surface area contributed by atoms with Crippen LogP contribution in [0.4, 0.5) is 23.7 Å². The van der Waals surface area contributed by atoms with Crippen molar-refractivity contribution in [3.8, 4) is 0 Å². The normalized spacial score (nSPS) is 12.5. The second kappa shape index (κ2) is 6.60. The molecule has 1 aromatic heterocycles. The lowest BCUT2D eigenvalue weighted by Gasteiger charge is -2.19. The fourth-order valence-electron chi connectivity index (χ4n) is 1.94.